The zero-order chi connectivity index (χ0) is 22.1. The quantitative estimate of drug-likeness (QED) is 0.599. The molecule has 8 nitrogen and oxygen atoms in total. The first kappa shape index (κ1) is 21.4. The number of nitrogens with one attached hydrogen (secondary N) is 1. The van der Waals surface area contributed by atoms with E-state index >= 15 is 0 Å². The fourth-order valence-corrected chi connectivity index (χ4v) is 3.05. The zero-order valence-electron chi connectivity index (χ0n) is 16.1. The van der Waals surface area contributed by atoms with E-state index in [9.17, 15) is 18.0 Å². The maximum Gasteiger partial charge on any atom is 0.419 e. The molecule has 3 aromatic heterocycles. The van der Waals surface area contributed by atoms with Gasteiger partial charge >= 0.3 is 6.18 Å². The summed E-state index contributed by atoms with van der Waals surface area (Å²) in [7, 11) is 0. The maximum atomic E-state index is 13.3. The van der Waals surface area contributed by atoms with Gasteiger partial charge in [-0.1, -0.05) is 0 Å². The van der Waals surface area contributed by atoms with E-state index in [1.165, 1.54) is 25.4 Å². The van der Waals surface area contributed by atoms with Crippen LogP contribution in [0.3, 0.4) is 0 Å². The van der Waals surface area contributed by atoms with Crippen molar-refractivity contribution in [3.05, 3.63) is 41.2 Å². The van der Waals surface area contributed by atoms with E-state index < -0.39 is 17.6 Å². The Balaban J connectivity index is 1.91. The number of nitrogens with two attached hydrogens (primary N) is 1. The highest BCUT2D eigenvalue weighted by Crippen LogP contribution is 2.36. The first-order valence-corrected chi connectivity index (χ1v) is 9.43. The van der Waals surface area contributed by atoms with E-state index in [4.69, 9.17) is 10.5 Å². The second-order valence-electron chi connectivity index (χ2n) is 6.55. The van der Waals surface area contributed by atoms with Crippen LogP contribution in [0.15, 0.2) is 24.5 Å². The minimum Gasteiger partial charge on any atom is -0.489 e. The molecule has 0 aliphatic carbocycles. The van der Waals surface area contributed by atoms with Gasteiger partial charge in [-0.15, -0.1) is 0 Å². The highest BCUT2D eigenvalue weighted by Gasteiger charge is 2.35. The number of aryl methyl sites for hydroxylation is 1. The highest BCUT2D eigenvalue weighted by atomic mass is 32.1. The molecular weight excluding hydrogens is 421 g/mol. The van der Waals surface area contributed by atoms with E-state index in [-0.39, 0.29) is 39.9 Å². The van der Waals surface area contributed by atoms with E-state index in [1.807, 2.05) is 0 Å². The predicted molar refractivity (Wildman–Crippen MR) is 105 cm³/mol. The number of amides is 1. The number of rotatable bonds is 6. The number of hydrogen-bond donors (Lipinski definition) is 2. The van der Waals surface area contributed by atoms with Crippen molar-refractivity contribution in [2.75, 3.05) is 5.32 Å². The monoisotopic (exact) mass is 438 g/mol. The van der Waals surface area contributed by atoms with Crippen molar-refractivity contribution in [1.29, 1.82) is 0 Å². The van der Waals surface area contributed by atoms with Gasteiger partial charge in [-0.2, -0.15) is 22.5 Å². The topological polar surface area (TPSA) is 116 Å². The van der Waals surface area contributed by atoms with Gasteiger partial charge in [0.05, 0.1) is 23.4 Å². The average Bonchev–Trinajstić information content (AvgIpc) is 3.10. The van der Waals surface area contributed by atoms with E-state index in [0.717, 1.165) is 17.6 Å². The summed E-state index contributed by atoms with van der Waals surface area (Å²) in [6.07, 6.45) is -2.15. The summed E-state index contributed by atoms with van der Waals surface area (Å²) >= 11 is 0.825. The van der Waals surface area contributed by atoms with Crippen LogP contribution in [0.1, 0.15) is 35.3 Å². The predicted octanol–water partition coefficient (Wildman–Crippen LogP) is 3.95. The molecular formula is C18H17F3N6O2S. The van der Waals surface area contributed by atoms with Gasteiger partial charge in [0.15, 0.2) is 11.6 Å². The van der Waals surface area contributed by atoms with Gasteiger partial charge in [0.2, 0.25) is 5.13 Å². The lowest BCUT2D eigenvalue weighted by atomic mass is 10.2. The van der Waals surface area contributed by atoms with Crippen LogP contribution in [0.5, 0.6) is 5.75 Å². The molecule has 158 valence electrons. The van der Waals surface area contributed by atoms with Crippen LogP contribution < -0.4 is 15.8 Å². The third kappa shape index (κ3) is 4.82. The van der Waals surface area contributed by atoms with Gasteiger partial charge in [0.1, 0.15) is 11.5 Å². The Morgan fingerprint density at radius 1 is 1.23 bits per heavy atom. The molecule has 0 atom stereocenters. The Hall–Kier alpha value is -3.28. The number of ether oxygens (including phenoxy) is 1. The van der Waals surface area contributed by atoms with E-state index in [2.05, 4.69) is 24.6 Å². The number of halogens is 3. The third-order valence-corrected chi connectivity index (χ3v) is 4.34. The molecule has 0 aromatic carbocycles. The lowest BCUT2D eigenvalue weighted by Gasteiger charge is -2.12. The summed E-state index contributed by atoms with van der Waals surface area (Å²) in [5.41, 5.74) is 5.18. The zero-order valence-corrected chi connectivity index (χ0v) is 16.9. The van der Waals surface area contributed by atoms with Crippen LogP contribution >= 0.6 is 11.5 Å². The normalized spacial score (nSPS) is 11.6. The van der Waals surface area contributed by atoms with E-state index in [1.54, 1.807) is 13.8 Å². The smallest absolute Gasteiger partial charge is 0.419 e. The summed E-state index contributed by atoms with van der Waals surface area (Å²) in [5, 5.41) is 2.62. The number of pyridine rings is 2. The Morgan fingerprint density at radius 3 is 2.60 bits per heavy atom. The summed E-state index contributed by atoms with van der Waals surface area (Å²) < 4.78 is 49.4. The minimum absolute atomic E-state index is 0.0804. The molecule has 0 fully saturated rings. The van der Waals surface area contributed by atoms with Crippen LogP contribution in [0.4, 0.5) is 24.1 Å². The molecule has 3 heterocycles. The molecule has 0 aliphatic rings. The first-order chi connectivity index (χ1) is 14.0. The molecule has 0 spiro atoms. The maximum absolute atomic E-state index is 13.3. The number of primary amides is 1. The van der Waals surface area contributed by atoms with Crippen molar-refractivity contribution >= 4 is 28.4 Å². The second-order valence-corrected chi connectivity index (χ2v) is 7.30. The summed E-state index contributed by atoms with van der Waals surface area (Å²) in [5.74, 6) is -0.779. The Morgan fingerprint density at radius 2 is 1.97 bits per heavy atom. The number of carbonyl (C=O) groups is 1. The number of alkyl halides is 3. The Bertz CT molecular complexity index is 1080. The van der Waals surface area contributed by atoms with Crippen molar-refractivity contribution < 1.29 is 22.7 Å². The number of hydrogen-bond acceptors (Lipinski definition) is 8. The average molecular weight is 438 g/mol. The standard InChI is InChI=1S/C18H17F3N6O2S/c1-8(2)29-13-7-23-12(5-10(13)14(22)28)16-26-17(30-27-16)25-15-11(18(19,20)21)4-9(3)6-24-15/h4-8H,1-3H3,(H2,22,28)(H,24,25,26,27). The lowest BCUT2D eigenvalue weighted by molar-refractivity contribution is -0.137. The number of aromatic nitrogens is 4. The molecule has 0 bridgehead atoms. The fraction of sp³-hybridized carbons (Fsp3) is 0.278. The molecule has 30 heavy (non-hydrogen) atoms. The fourth-order valence-electron chi connectivity index (χ4n) is 2.47. The molecule has 0 radical (unpaired) electrons. The number of carbonyl (C=O) groups excluding carboxylic acids is 1. The molecule has 3 aromatic rings. The highest BCUT2D eigenvalue weighted by molar-refractivity contribution is 7.09. The van der Waals surface area contributed by atoms with Crippen molar-refractivity contribution in [1.82, 2.24) is 19.3 Å². The summed E-state index contributed by atoms with van der Waals surface area (Å²) in [6.45, 7) is 5.09. The largest absolute Gasteiger partial charge is 0.489 e. The van der Waals surface area contributed by atoms with Crippen LogP contribution in [0.25, 0.3) is 11.5 Å². The van der Waals surface area contributed by atoms with Crippen molar-refractivity contribution in [2.24, 2.45) is 5.73 Å². The van der Waals surface area contributed by atoms with Crippen molar-refractivity contribution in [3.8, 4) is 17.3 Å². The van der Waals surface area contributed by atoms with Crippen molar-refractivity contribution in [2.45, 2.75) is 33.1 Å². The van der Waals surface area contributed by atoms with Crippen LogP contribution in [0, 0.1) is 6.92 Å². The first-order valence-electron chi connectivity index (χ1n) is 8.66. The molecule has 3 N–H and O–H groups in total. The summed E-state index contributed by atoms with van der Waals surface area (Å²) in [4.78, 5) is 23.9. The number of anilines is 2. The molecule has 0 aliphatic heterocycles. The van der Waals surface area contributed by atoms with E-state index in [0.29, 0.717) is 5.56 Å². The lowest BCUT2D eigenvalue weighted by Crippen LogP contribution is -2.16. The molecule has 3 rings (SSSR count). The van der Waals surface area contributed by atoms with Gasteiger partial charge < -0.3 is 15.8 Å². The van der Waals surface area contributed by atoms with Crippen LogP contribution in [-0.4, -0.2) is 31.3 Å². The van der Waals surface area contributed by atoms with Crippen LogP contribution in [0.2, 0.25) is 0 Å². The number of nitrogens with zero attached hydrogens (tertiary/aromatic N) is 4. The van der Waals surface area contributed by atoms with Gasteiger partial charge in [0.25, 0.3) is 5.91 Å². The Labute approximate surface area is 173 Å². The minimum atomic E-state index is -4.58. The molecule has 0 saturated carbocycles. The van der Waals surface area contributed by atoms with Crippen molar-refractivity contribution in [3.63, 3.8) is 0 Å². The van der Waals surface area contributed by atoms with Gasteiger partial charge in [-0.05, 0) is 38.5 Å². The molecule has 12 heteroatoms. The second kappa shape index (κ2) is 8.22. The van der Waals surface area contributed by atoms with Crippen LogP contribution in [-0.2, 0) is 6.18 Å². The SMILES string of the molecule is Cc1cnc(Nc2nc(-c3cc(C(N)=O)c(OC(C)C)cn3)ns2)c(C(F)(F)F)c1. The molecule has 0 unspecified atom stereocenters. The summed E-state index contributed by atoms with van der Waals surface area (Å²) in [6, 6.07) is 2.36. The van der Waals surface area contributed by atoms with Gasteiger partial charge in [-0.3, -0.25) is 4.79 Å². The van der Waals surface area contributed by atoms with Gasteiger partial charge in [0, 0.05) is 17.7 Å². The molecule has 0 saturated heterocycles. The Kier molecular flexibility index (Phi) is 5.87. The van der Waals surface area contributed by atoms with Gasteiger partial charge in [-0.25, -0.2) is 9.97 Å². The third-order valence-electron chi connectivity index (χ3n) is 3.71. The molecule has 1 amide bonds.